The Morgan fingerprint density at radius 1 is 1.43 bits per heavy atom. The molecule has 0 radical (unpaired) electrons. The molecule has 23 heavy (non-hydrogen) atoms. The van der Waals surface area contributed by atoms with E-state index >= 15 is 0 Å². The molecule has 3 rings (SSSR count). The van der Waals surface area contributed by atoms with E-state index in [9.17, 15) is 14.4 Å². The Morgan fingerprint density at radius 3 is 2.96 bits per heavy atom. The number of carbonyl (C=O) groups is 3. The van der Waals surface area contributed by atoms with E-state index in [0.717, 1.165) is 4.90 Å². The summed E-state index contributed by atoms with van der Waals surface area (Å²) in [6, 6.07) is 5.14. The third kappa shape index (κ3) is 3.18. The molecule has 7 nitrogen and oxygen atoms in total. The van der Waals surface area contributed by atoms with Crippen molar-refractivity contribution in [3.8, 4) is 0 Å². The summed E-state index contributed by atoms with van der Waals surface area (Å²) in [4.78, 5) is 37.7. The number of anilines is 1. The number of hydrogen-bond donors (Lipinski definition) is 2. The molecule has 2 N–H and O–H groups in total. The van der Waals surface area contributed by atoms with Crippen LogP contribution in [-0.4, -0.2) is 58.8 Å². The van der Waals surface area contributed by atoms with Gasteiger partial charge in [0.15, 0.2) is 6.10 Å². The van der Waals surface area contributed by atoms with Crippen LogP contribution in [0.2, 0.25) is 0 Å². The van der Waals surface area contributed by atoms with Crippen molar-refractivity contribution in [2.75, 3.05) is 25.0 Å². The van der Waals surface area contributed by atoms with Gasteiger partial charge in [0.05, 0.1) is 24.1 Å². The van der Waals surface area contributed by atoms with Gasteiger partial charge >= 0.3 is 5.97 Å². The normalized spacial score (nSPS) is 23.9. The van der Waals surface area contributed by atoms with Crippen molar-refractivity contribution in [3.05, 3.63) is 23.8 Å². The van der Waals surface area contributed by atoms with Crippen molar-refractivity contribution in [3.63, 3.8) is 0 Å². The molecule has 1 aromatic rings. The molecule has 0 aromatic heterocycles. The van der Waals surface area contributed by atoms with E-state index in [1.54, 1.807) is 18.2 Å². The molecule has 2 aliphatic rings. The van der Waals surface area contributed by atoms with Gasteiger partial charge in [-0.1, -0.05) is 0 Å². The summed E-state index contributed by atoms with van der Waals surface area (Å²) in [5.74, 6) is -1.43. The maximum absolute atomic E-state index is 12.6. The summed E-state index contributed by atoms with van der Waals surface area (Å²) in [6.07, 6.45) is -0.999. The van der Waals surface area contributed by atoms with Crippen LogP contribution in [0.3, 0.4) is 0 Å². The van der Waals surface area contributed by atoms with Gasteiger partial charge in [0.25, 0.3) is 5.91 Å². The molecule has 8 heteroatoms. The first kappa shape index (κ1) is 15.8. The Labute approximate surface area is 137 Å². The van der Waals surface area contributed by atoms with Gasteiger partial charge in [-0.3, -0.25) is 9.59 Å². The van der Waals surface area contributed by atoms with E-state index in [1.165, 1.54) is 16.7 Å². The van der Waals surface area contributed by atoms with Crippen molar-refractivity contribution in [2.24, 2.45) is 0 Å². The Balaban J connectivity index is 1.79. The number of rotatable bonds is 2. The molecule has 1 saturated heterocycles. The van der Waals surface area contributed by atoms with E-state index in [2.05, 4.69) is 5.32 Å². The highest BCUT2D eigenvalue weighted by molar-refractivity contribution is 8.00. The number of ether oxygens (including phenoxy) is 1. The lowest BCUT2D eigenvalue weighted by atomic mass is 10.1. The number of carbonyl (C=O) groups excluding carboxylic acids is 2. The molecule has 122 valence electrons. The monoisotopic (exact) mass is 336 g/mol. The van der Waals surface area contributed by atoms with Crippen LogP contribution in [0.25, 0.3) is 0 Å². The second-order valence-electron chi connectivity index (χ2n) is 5.41. The number of nitrogens with one attached hydrogen (secondary N) is 1. The van der Waals surface area contributed by atoms with Crippen LogP contribution < -0.4 is 5.32 Å². The zero-order valence-electron chi connectivity index (χ0n) is 12.4. The molecule has 0 spiro atoms. The molecule has 2 amide bonds. The smallest absolute Gasteiger partial charge is 0.334 e. The fourth-order valence-electron chi connectivity index (χ4n) is 2.51. The third-order valence-electron chi connectivity index (χ3n) is 3.79. The second kappa shape index (κ2) is 6.21. The minimum absolute atomic E-state index is 0.0173. The number of amides is 2. The van der Waals surface area contributed by atoms with Gasteiger partial charge in [0, 0.05) is 17.0 Å². The summed E-state index contributed by atoms with van der Waals surface area (Å²) in [6.45, 7) is 2.38. The van der Waals surface area contributed by atoms with Crippen LogP contribution in [0.4, 0.5) is 5.69 Å². The Morgan fingerprint density at radius 2 is 2.22 bits per heavy atom. The Kier molecular flexibility index (Phi) is 4.27. The maximum atomic E-state index is 12.6. The Hall–Kier alpha value is -2.06. The first-order valence-electron chi connectivity index (χ1n) is 7.21. The zero-order chi connectivity index (χ0) is 16.6. The first-order chi connectivity index (χ1) is 11.0. The van der Waals surface area contributed by atoms with E-state index in [0.29, 0.717) is 17.8 Å². The predicted molar refractivity (Wildman–Crippen MR) is 83.7 cm³/mol. The summed E-state index contributed by atoms with van der Waals surface area (Å²) in [5.41, 5.74) is 1.04. The highest BCUT2D eigenvalue weighted by Gasteiger charge is 2.30. The molecule has 2 atom stereocenters. The number of benzene rings is 1. The number of aliphatic carboxylic acids is 1. The minimum atomic E-state index is -1.08. The van der Waals surface area contributed by atoms with Crippen LogP contribution in [-0.2, 0) is 14.3 Å². The van der Waals surface area contributed by atoms with E-state index < -0.39 is 12.1 Å². The van der Waals surface area contributed by atoms with E-state index in [4.69, 9.17) is 9.84 Å². The predicted octanol–water partition coefficient (Wildman–Crippen LogP) is 1.04. The molecule has 0 unspecified atom stereocenters. The van der Waals surface area contributed by atoms with Crippen LogP contribution in [0, 0.1) is 0 Å². The van der Waals surface area contributed by atoms with E-state index in [-0.39, 0.29) is 30.2 Å². The number of carboxylic acids is 1. The third-order valence-corrected chi connectivity index (χ3v) is 4.96. The summed E-state index contributed by atoms with van der Waals surface area (Å²) in [7, 11) is 0. The van der Waals surface area contributed by atoms with Gasteiger partial charge < -0.3 is 20.1 Å². The molecule has 0 saturated carbocycles. The molecule has 2 heterocycles. The average Bonchev–Trinajstić information content (AvgIpc) is 2.55. The van der Waals surface area contributed by atoms with Gasteiger partial charge in [0.1, 0.15) is 0 Å². The van der Waals surface area contributed by atoms with Crippen molar-refractivity contribution >= 4 is 35.2 Å². The van der Waals surface area contributed by atoms with Crippen molar-refractivity contribution in [1.29, 1.82) is 0 Å². The maximum Gasteiger partial charge on any atom is 0.334 e. The molecule has 2 aliphatic heterocycles. The molecule has 1 fully saturated rings. The summed E-state index contributed by atoms with van der Waals surface area (Å²) < 4.78 is 5.12. The quantitative estimate of drug-likeness (QED) is 0.838. The standard InChI is InChI=1S/C15H16N2O5S/c1-8-13(18)16-10-6-9(2-3-12(10)23-8)14(19)17-4-5-22-11(7-17)15(20)21/h2-3,6,8,11H,4-5,7H2,1H3,(H,16,18)(H,20,21)/t8-,11+/m1/s1. The largest absolute Gasteiger partial charge is 0.479 e. The fourth-order valence-corrected chi connectivity index (χ4v) is 3.44. The first-order valence-corrected chi connectivity index (χ1v) is 8.09. The van der Waals surface area contributed by atoms with Crippen molar-refractivity contribution in [2.45, 2.75) is 23.2 Å². The van der Waals surface area contributed by atoms with Crippen LogP contribution in [0.5, 0.6) is 0 Å². The minimum Gasteiger partial charge on any atom is -0.479 e. The highest BCUT2D eigenvalue weighted by atomic mass is 32.2. The lowest BCUT2D eigenvalue weighted by molar-refractivity contribution is -0.154. The second-order valence-corrected chi connectivity index (χ2v) is 6.79. The number of thioether (sulfide) groups is 1. The van der Waals surface area contributed by atoms with Gasteiger partial charge in [-0.15, -0.1) is 11.8 Å². The molecule has 0 aliphatic carbocycles. The molecule has 0 bridgehead atoms. The fraction of sp³-hybridized carbons (Fsp3) is 0.400. The lowest BCUT2D eigenvalue weighted by Gasteiger charge is -2.31. The summed E-state index contributed by atoms with van der Waals surface area (Å²) in [5, 5.41) is 11.6. The molecular formula is C15H16N2O5S. The molecular weight excluding hydrogens is 320 g/mol. The number of nitrogens with zero attached hydrogens (tertiary/aromatic N) is 1. The van der Waals surface area contributed by atoms with Crippen molar-refractivity contribution < 1.29 is 24.2 Å². The van der Waals surface area contributed by atoms with Gasteiger partial charge in [-0.25, -0.2) is 4.79 Å². The highest BCUT2D eigenvalue weighted by Crippen LogP contribution is 2.36. The van der Waals surface area contributed by atoms with E-state index in [1.807, 2.05) is 6.92 Å². The zero-order valence-corrected chi connectivity index (χ0v) is 13.3. The number of fused-ring (bicyclic) bond motifs is 1. The van der Waals surface area contributed by atoms with Crippen LogP contribution >= 0.6 is 11.8 Å². The average molecular weight is 336 g/mol. The number of hydrogen-bond acceptors (Lipinski definition) is 5. The van der Waals surface area contributed by atoms with Gasteiger partial charge in [-0.2, -0.15) is 0 Å². The number of morpholine rings is 1. The van der Waals surface area contributed by atoms with Gasteiger partial charge in [-0.05, 0) is 25.1 Å². The van der Waals surface area contributed by atoms with Crippen LogP contribution in [0.1, 0.15) is 17.3 Å². The topological polar surface area (TPSA) is 95.9 Å². The molecule has 1 aromatic carbocycles. The Bertz CT molecular complexity index is 678. The lowest BCUT2D eigenvalue weighted by Crippen LogP contribution is -2.48. The number of carboxylic acid groups (broad SMARTS) is 1. The van der Waals surface area contributed by atoms with Crippen molar-refractivity contribution in [1.82, 2.24) is 4.90 Å². The summed E-state index contributed by atoms with van der Waals surface area (Å²) >= 11 is 1.45. The van der Waals surface area contributed by atoms with Crippen LogP contribution in [0.15, 0.2) is 23.1 Å². The SMILES string of the molecule is C[C@H]1Sc2ccc(C(=O)N3CCO[C@H](C(=O)O)C3)cc2NC1=O. The van der Waals surface area contributed by atoms with Gasteiger partial charge in [0.2, 0.25) is 5.91 Å².